The molecule has 19 rings (SSSR count). The summed E-state index contributed by atoms with van der Waals surface area (Å²) in [5.74, 6) is 0. The molecule has 3 aliphatic rings. The van der Waals surface area contributed by atoms with E-state index in [2.05, 4.69) is 439 Å². The molecule has 12 bridgehead atoms. The Morgan fingerprint density at radius 3 is 0.305 bits per heavy atom. The van der Waals surface area contributed by atoms with Crippen molar-refractivity contribution >= 4 is 271 Å². The summed E-state index contributed by atoms with van der Waals surface area (Å²) in [6.07, 6.45) is 0. The van der Waals surface area contributed by atoms with E-state index in [4.69, 9.17) is 0 Å². The van der Waals surface area contributed by atoms with E-state index < -0.39 is 125 Å². The maximum absolute atomic E-state index is 3.30. The molecule has 0 saturated carbocycles. The Kier molecular flexibility index (Phi) is 25.0. The molecule has 564 valence electrons. The zero-order valence-corrected chi connectivity index (χ0v) is 95.0. The van der Waals surface area contributed by atoms with Gasteiger partial charge in [-0.05, 0) is 0 Å². The van der Waals surface area contributed by atoms with Crippen molar-refractivity contribution in [2.45, 2.75) is 236 Å². The van der Waals surface area contributed by atoms with Crippen LogP contribution in [0.25, 0.3) is 88.8 Å². The quantitative estimate of drug-likeness (QED) is 0.0780. The Morgan fingerprint density at radius 1 is 0.143 bits per heavy atom. The van der Waals surface area contributed by atoms with Crippen LogP contribution in [0, 0.1) is 0 Å². The molecule has 3 aliphatic heterocycles. The van der Waals surface area contributed by atoms with Gasteiger partial charge in [0.2, 0.25) is 0 Å². The van der Waals surface area contributed by atoms with Gasteiger partial charge in [-0.25, -0.2) is 0 Å². The van der Waals surface area contributed by atoms with E-state index in [0.29, 0.717) is 0 Å². The van der Waals surface area contributed by atoms with Crippen LogP contribution in [0.3, 0.4) is 0 Å². The Hall–Kier alpha value is 0.0912. The molecule has 0 radical (unpaired) electrons. The van der Waals surface area contributed by atoms with Crippen LogP contribution in [0.1, 0.15) is 0 Å². The summed E-state index contributed by atoms with van der Waals surface area (Å²) < 4.78 is 11.8. The van der Waals surface area contributed by atoms with E-state index in [1.807, 2.05) is 24.2 Å². The first-order valence-corrected chi connectivity index (χ1v) is 112. The average Bonchev–Trinajstić information content (AvgIpc) is 1.60. The summed E-state index contributed by atoms with van der Waals surface area (Å²) in [5.41, 5.74) is 0. The van der Waals surface area contributed by atoms with Crippen molar-refractivity contribution in [3.8, 4) is 0 Å². The Labute approximate surface area is 674 Å². The van der Waals surface area contributed by atoms with Crippen molar-refractivity contribution in [2.24, 2.45) is 0 Å². The van der Waals surface area contributed by atoms with Gasteiger partial charge in [0.25, 0.3) is 0 Å². The van der Waals surface area contributed by atoms with Crippen LogP contribution < -0.4 is 31.3 Å². The molecule has 16 aromatic rings. The predicted octanol–water partition coefficient (Wildman–Crippen LogP) is 26.2. The third-order valence-corrected chi connectivity index (χ3v) is 252. The molecular formula is C84H132Ge3S6Si12. The first-order valence-electron chi connectivity index (χ1n) is 38.9. The van der Waals surface area contributed by atoms with Crippen molar-refractivity contribution in [3.05, 3.63) is 177 Å². The fourth-order valence-corrected chi connectivity index (χ4v) is 417. The van der Waals surface area contributed by atoms with Gasteiger partial charge in [0.1, 0.15) is 0 Å². The molecule has 16 aromatic carbocycles. The van der Waals surface area contributed by atoms with Crippen molar-refractivity contribution < 1.29 is 0 Å². The van der Waals surface area contributed by atoms with Crippen molar-refractivity contribution in [2.75, 3.05) is 0 Å². The number of benzene rings is 6. The molecule has 0 aromatic heterocycles. The maximum atomic E-state index is 2.74. The van der Waals surface area contributed by atoms with Gasteiger partial charge in [-0.15, -0.1) is 0 Å². The summed E-state index contributed by atoms with van der Waals surface area (Å²) >= 11 is 0. The van der Waals surface area contributed by atoms with Crippen LogP contribution in [0.5, 0.6) is 0 Å². The molecule has 0 N–H and O–H groups in total. The zero-order valence-electron chi connectivity index (χ0n) is 71.8. The molecular weight excluding hydrogens is 1760 g/mol. The fourth-order valence-electron chi connectivity index (χ4n) is 17.3. The Balaban J connectivity index is 1.53. The van der Waals surface area contributed by atoms with Crippen molar-refractivity contribution in [1.29, 1.82) is 0 Å². The molecule has 0 amide bonds. The van der Waals surface area contributed by atoms with E-state index in [-0.39, 0.29) is 0 Å². The predicted molar refractivity (Wildman–Crippen MR) is 546 cm³/mol. The second-order valence-corrected chi connectivity index (χ2v) is 191. The van der Waals surface area contributed by atoms with Crippen LogP contribution in [-0.2, 0) is 0 Å². The SMILES string of the molecule is C[Si](C)(C)[S][Ge]1([S][Si](C)(C)C)[C]([Si](C)(C)C)=c2c(c3ccc(cc3)c3ccc(cc3)c3c(c4ccc(cc4)c4ccc(cc4)c4c(c5ccc(cc5)c5ccc2cc5)=[C]([Si](C)(C)C)[Ge]([S][Si](C)(C)C)([S][Si](C)(C)C)[C]=4[Si](C)(C)C)=[C]([Si](C)(C)C)[Ge]([S][Si](C)(C)C)([S][Si](C)(C)C)[C]=3[Si](C)(C)C)=[C]1[Si](C)(C)C. The molecule has 0 unspecified atom stereocenters. The summed E-state index contributed by atoms with van der Waals surface area (Å²) in [4.78, 5) is 0. The van der Waals surface area contributed by atoms with Gasteiger partial charge in [0, 0.05) is 0 Å². The number of rotatable bonds is 18. The average molecular weight is 1890 g/mol. The third-order valence-electron chi connectivity index (χ3n) is 19.5. The van der Waals surface area contributed by atoms with Gasteiger partial charge in [-0.3, -0.25) is 0 Å². The normalized spacial score (nSPS) is 16.9. The van der Waals surface area contributed by atoms with E-state index in [1.54, 1.807) is 31.3 Å². The second-order valence-electron chi connectivity index (χ2n) is 42.6. The van der Waals surface area contributed by atoms with Gasteiger partial charge >= 0.3 is 683 Å². The van der Waals surface area contributed by atoms with Gasteiger partial charge in [-0.2, -0.15) is 0 Å². The van der Waals surface area contributed by atoms with Gasteiger partial charge in [0.15, 0.2) is 0 Å². The van der Waals surface area contributed by atoms with E-state index in [1.165, 1.54) is 64.6 Å². The summed E-state index contributed by atoms with van der Waals surface area (Å²) in [6.45, 7) is 97.7. The molecule has 0 aliphatic carbocycles. The minimum atomic E-state index is -3.30. The molecule has 0 spiro atoms. The van der Waals surface area contributed by atoms with Gasteiger partial charge < -0.3 is 0 Å². The first-order chi connectivity index (χ1) is 47.5. The molecule has 0 fully saturated rings. The topological polar surface area (TPSA) is 0 Å². The minimum absolute atomic E-state index is 1.32. The van der Waals surface area contributed by atoms with E-state index in [0.717, 1.165) is 0 Å². The van der Waals surface area contributed by atoms with Gasteiger partial charge in [0.05, 0.1) is 0 Å². The fraction of sp³-hybridized carbons (Fsp3) is 0.429. The summed E-state index contributed by atoms with van der Waals surface area (Å²) in [7, 11) is -16.6. The van der Waals surface area contributed by atoms with Crippen LogP contribution in [0.4, 0.5) is 0 Å². The summed E-state index contributed by atoms with van der Waals surface area (Å²) in [6, 6.07) is 61.5. The first kappa shape index (κ1) is 87.5. The summed E-state index contributed by atoms with van der Waals surface area (Å²) in [5, 5.41) is 26.4. The third kappa shape index (κ3) is 18.8. The standard InChI is InChI=1S/C84H132Ge3S6Si12/c1-94(2,3)79-73-67-49-37-61(38-50-67)63-41-53-69(54-42-63)75-77(83(98(13,14)15)86(90-102(25,26)27,91-103(28,29)30)81(75)96(7,8)9)71-57-45-65(46-58-71)66-47-59-72(60-48-66)78-76(82(97(10,11)12)87(92-104(31,32)33,93-105(34,35)36)84(78)99(16,17)18)70-55-43-64(44-56-70)62-39-51-68(52-40-62)74(73)80(95(4,5)6)85(79,88-100(19,20)21)89-101(22,23)24/h37-60H,1-36H3. The van der Waals surface area contributed by atoms with E-state index in [9.17, 15) is 0 Å². The van der Waals surface area contributed by atoms with E-state index >= 15 is 0 Å². The van der Waals surface area contributed by atoms with Crippen LogP contribution >= 0.6 is 57.2 Å². The van der Waals surface area contributed by atoms with Crippen LogP contribution in [0.2, 0.25) is 236 Å². The van der Waals surface area contributed by atoms with Crippen LogP contribution in [-0.4, -0.2) is 125 Å². The van der Waals surface area contributed by atoms with Crippen LogP contribution in [0.15, 0.2) is 146 Å². The molecule has 0 saturated heterocycles. The molecule has 0 nitrogen and oxygen atoms in total. The van der Waals surface area contributed by atoms with Crippen molar-refractivity contribution in [3.63, 3.8) is 0 Å². The Bertz CT molecular complexity index is 4380. The molecule has 105 heavy (non-hydrogen) atoms. The zero-order chi connectivity index (χ0) is 78.6. The molecule has 21 heteroatoms. The van der Waals surface area contributed by atoms with Gasteiger partial charge in [-0.1, -0.05) is 0 Å². The molecule has 0 atom stereocenters. The number of hydrogen-bond donors (Lipinski definition) is 0. The Morgan fingerprint density at radius 2 is 0.229 bits per heavy atom. The number of hydrogen-bond acceptors (Lipinski definition) is 6. The monoisotopic (exact) mass is 1890 g/mol. The molecule has 3 heterocycles. The van der Waals surface area contributed by atoms with Crippen molar-refractivity contribution in [1.82, 2.24) is 0 Å². The second kappa shape index (κ2) is 30.0.